The summed E-state index contributed by atoms with van der Waals surface area (Å²) < 4.78 is 26.8. The average molecular weight is 292 g/mol. The molecule has 3 N–H and O–H groups in total. The molecule has 0 atom stereocenters. The number of aromatic nitrogens is 2. The van der Waals surface area contributed by atoms with Gasteiger partial charge in [0.25, 0.3) is 10.0 Å². The molecule has 6 nitrogen and oxygen atoms in total. The van der Waals surface area contributed by atoms with Gasteiger partial charge in [-0.1, -0.05) is 6.07 Å². The Kier molecular flexibility index (Phi) is 4.01. The van der Waals surface area contributed by atoms with E-state index in [1.807, 2.05) is 13.0 Å². The Bertz CT molecular complexity index is 691. The SMILES string of the molecule is Cc1cc(C)nc(NS(=O)(=O)c2ccc(CN)cn2)c1. The van der Waals surface area contributed by atoms with Gasteiger partial charge in [0, 0.05) is 18.4 Å². The summed E-state index contributed by atoms with van der Waals surface area (Å²) in [6.07, 6.45) is 1.45. The van der Waals surface area contributed by atoms with Gasteiger partial charge in [0.1, 0.15) is 5.82 Å². The van der Waals surface area contributed by atoms with Crippen LogP contribution in [-0.2, 0) is 16.6 Å². The summed E-state index contributed by atoms with van der Waals surface area (Å²) in [5, 5.41) is -0.0596. The van der Waals surface area contributed by atoms with E-state index in [-0.39, 0.29) is 10.8 Å². The summed E-state index contributed by atoms with van der Waals surface area (Å²) in [6.45, 7) is 4.00. The van der Waals surface area contributed by atoms with Crippen molar-refractivity contribution in [3.63, 3.8) is 0 Å². The van der Waals surface area contributed by atoms with Crippen LogP contribution in [0.4, 0.5) is 5.82 Å². The van der Waals surface area contributed by atoms with Crippen LogP contribution < -0.4 is 10.5 Å². The fourth-order valence-corrected chi connectivity index (χ4v) is 2.70. The first-order valence-corrected chi connectivity index (χ1v) is 7.52. The van der Waals surface area contributed by atoms with Gasteiger partial charge in [-0.05, 0) is 43.2 Å². The van der Waals surface area contributed by atoms with Crippen molar-refractivity contribution >= 4 is 15.8 Å². The Morgan fingerprint density at radius 2 is 2.00 bits per heavy atom. The summed E-state index contributed by atoms with van der Waals surface area (Å²) in [5.74, 6) is 0.284. The van der Waals surface area contributed by atoms with Crippen molar-refractivity contribution in [2.75, 3.05) is 4.72 Å². The second-order valence-corrected chi connectivity index (χ2v) is 6.11. The molecule has 2 rings (SSSR count). The summed E-state index contributed by atoms with van der Waals surface area (Å²) in [6, 6.07) is 6.59. The molecule has 7 heteroatoms. The van der Waals surface area contributed by atoms with Gasteiger partial charge in [-0.15, -0.1) is 0 Å². The average Bonchev–Trinajstić information content (AvgIpc) is 2.37. The maximum Gasteiger partial charge on any atom is 0.280 e. The molecule has 0 amide bonds. The summed E-state index contributed by atoms with van der Waals surface area (Å²) >= 11 is 0. The zero-order valence-electron chi connectivity index (χ0n) is 11.3. The minimum absolute atomic E-state index is 0.0596. The zero-order valence-corrected chi connectivity index (χ0v) is 12.1. The van der Waals surface area contributed by atoms with Crippen molar-refractivity contribution in [1.82, 2.24) is 9.97 Å². The standard InChI is InChI=1S/C13H16N4O2S/c1-9-5-10(2)16-12(6-9)17-20(18,19)13-4-3-11(7-14)8-15-13/h3-6,8H,7,14H2,1-2H3,(H,16,17). The largest absolute Gasteiger partial charge is 0.326 e. The van der Waals surface area contributed by atoms with Crippen LogP contribution in [0, 0.1) is 13.8 Å². The van der Waals surface area contributed by atoms with E-state index in [9.17, 15) is 8.42 Å². The van der Waals surface area contributed by atoms with E-state index in [4.69, 9.17) is 5.73 Å². The van der Waals surface area contributed by atoms with Crippen LogP contribution in [-0.4, -0.2) is 18.4 Å². The minimum Gasteiger partial charge on any atom is -0.326 e. The van der Waals surface area contributed by atoms with Gasteiger partial charge < -0.3 is 5.73 Å². The van der Waals surface area contributed by atoms with Gasteiger partial charge in [-0.25, -0.2) is 9.97 Å². The zero-order chi connectivity index (χ0) is 14.8. The second-order valence-electron chi connectivity index (χ2n) is 4.49. The lowest BCUT2D eigenvalue weighted by Gasteiger charge is -2.08. The first kappa shape index (κ1) is 14.4. The van der Waals surface area contributed by atoms with E-state index < -0.39 is 10.0 Å². The molecule has 106 valence electrons. The highest BCUT2D eigenvalue weighted by Gasteiger charge is 2.16. The molecule has 0 saturated heterocycles. The predicted molar refractivity (Wildman–Crippen MR) is 76.6 cm³/mol. The second kappa shape index (κ2) is 5.56. The molecule has 2 heterocycles. The Balaban J connectivity index is 2.30. The van der Waals surface area contributed by atoms with Gasteiger partial charge in [0.2, 0.25) is 0 Å². The Labute approximate surface area is 118 Å². The van der Waals surface area contributed by atoms with Gasteiger partial charge in [0.05, 0.1) is 0 Å². The van der Waals surface area contributed by atoms with E-state index >= 15 is 0 Å². The molecule has 0 spiro atoms. The van der Waals surface area contributed by atoms with Crippen molar-refractivity contribution in [1.29, 1.82) is 0 Å². The number of nitrogens with zero attached hydrogens (tertiary/aromatic N) is 2. The van der Waals surface area contributed by atoms with Crippen molar-refractivity contribution < 1.29 is 8.42 Å². The number of anilines is 1. The highest BCUT2D eigenvalue weighted by atomic mass is 32.2. The Hall–Kier alpha value is -1.99. The lowest BCUT2D eigenvalue weighted by Crippen LogP contribution is -2.16. The molecule has 0 unspecified atom stereocenters. The molecular formula is C13H16N4O2S. The van der Waals surface area contributed by atoms with Crippen molar-refractivity contribution in [3.05, 3.63) is 47.3 Å². The monoisotopic (exact) mass is 292 g/mol. The third-order valence-electron chi connectivity index (χ3n) is 2.65. The molecule has 20 heavy (non-hydrogen) atoms. The van der Waals surface area contributed by atoms with Crippen molar-refractivity contribution in [2.24, 2.45) is 5.73 Å². The number of sulfonamides is 1. The van der Waals surface area contributed by atoms with Crippen LogP contribution in [0.1, 0.15) is 16.8 Å². The number of rotatable bonds is 4. The van der Waals surface area contributed by atoms with Crippen LogP contribution in [0.5, 0.6) is 0 Å². The van der Waals surface area contributed by atoms with Crippen LogP contribution in [0.3, 0.4) is 0 Å². The summed E-state index contributed by atoms with van der Waals surface area (Å²) in [5.41, 5.74) is 7.90. The Morgan fingerprint density at radius 1 is 1.25 bits per heavy atom. The number of nitrogens with one attached hydrogen (secondary N) is 1. The van der Waals surface area contributed by atoms with Gasteiger partial charge >= 0.3 is 0 Å². The molecule has 0 bridgehead atoms. The molecule has 0 radical (unpaired) electrons. The van der Waals surface area contributed by atoms with E-state index in [1.54, 1.807) is 19.1 Å². The van der Waals surface area contributed by atoms with Crippen molar-refractivity contribution in [3.8, 4) is 0 Å². The first-order valence-electron chi connectivity index (χ1n) is 6.04. The van der Waals surface area contributed by atoms with Crippen molar-refractivity contribution in [2.45, 2.75) is 25.4 Å². The third kappa shape index (κ3) is 3.31. The molecular weight excluding hydrogens is 276 g/mol. The minimum atomic E-state index is -3.74. The van der Waals surface area contributed by atoms with Crippen LogP contribution in [0.15, 0.2) is 35.5 Å². The fourth-order valence-electron chi connectivity index (χ4n) is 1.77. The molecule has 2 aromatic rings. The number of hydrogen-bond acceptors (Lipinski definition) is 5. The van der Waals surface area contributed by atoms with E-state index in [0.717, 1.165) is 16.8 Å². The highest BCUT2D eigenvalue weighted by Crippen LogP contribution is 2.15. The highest BCUT2D eigenvalue weighted by molar-refractivity contribution is 7.92. The number of hydrogen-bond donors (Lipinski definition) is 2. The molecule has 0 aliphatic carbocycles. The molecule has 2 aromatic heterocycles. The maximum atomic E-state index is 12.2. The van der Waals surface area contributed by atoms with E-state index in [2.05, 4.69) is 14.7 Å². The van der Waals surface area contributed by atoms with Gasteiger partial charge in [0.15, 0.2) is 5.03 Å². The molecule has 0 aliphatic rings. The molecule has 0 fully saturated rings. The maximum absolute atomic E-state index is 12.2. The molecule has 0 aliphatic heterocycles. The summed E-state index contributed by atoms with van der Waals surface area (Å²) in [7, 11) is -3.74. The quantitative estimate of drug-likeness (QED) is 0.886. The number of nitrogens with two attached hydrogens (primary N) is 1. The number of pyridine rings is 2. The lowest BCUT2D eigenvalue weighted by molar-refractivity contribution is 0.597. The topological polar surface area (TPSA) is 98.0 Å². The first-order chi connectivity index (χ1) is 9.40. The van der Waals surface area contributed by atoms with E-state index in [1.165, 1.54) is 12.3 Å². The van der Waals surface area contributed by atoms with E-state index in [0.29, 0.717) is 6.54 Å². The van der Waals surface area contributed by atoms with Crippen LogP contribution >= 0.6 is 0 Å². The van der Waals surface area contributed by atoms with Crippen LogP contribution in [0.2, 0.25) is 0 Å². The van der Waals surface area contributed by atoms with Crippen LogP contribution in [0.25, 0.3) is 0 Å². The number of aryl methyl sites for hydroxylation is 2. The summed E-state index contributed by atoms with van der Waals surface area (Å²) in [4.78, 5) is 8.04. The molecule has 0 saturated carbocycles. The molecule has 0 aromatic carbocycles. The van der Waals surface area contributed by atoms with Gasteiger partial charge in [-0.3, -0.25) is 4.72 Å². The van der Waals surface area contributed by atoms with Gasteiger partial charge in [-0.2, -0.15) is 8.42 Å². The Morgan fingerprint density at radius 3 is 2.55 bits per heavy atom. The smallest absolute Gasteiger partial charge is 0.280 e. The lowest BCUT2D eigenvalue weighted by atomic mass is 10.2. The predicted octanol–water partition coefficient (Wildman–Crippen LogP) is 1.35. The fraction of sp³-hybridized carbons (Fsp3) is 0.231. The normalized spacial score (nSPS) is 11.3. The third-order valence-corrected chi connectivity index (χ3v) is 3.92.